The second-order valence-corrected chi connectivity index (χ2v) is 7.64. The van der Waals surface area contributed by atoms with Gasteiger partial charge in [0.05, 0.1) is 12.6 Å². The largest absolute Gasteiger partial charge is 0.378 e. The first-order chi connectivity index (χ1) is 12.2. The molecule has 0 radical (unpaired) electrons. The summed E-state index contributed by atoms with van der Waals surface area (Å²) in [5.74, 6) is 1.33. The van der Waals surface area contributed by atoms with Gasteiger partial charge in [0, 0.05) is 37.1 Å². The predicted octanol–water partition coefficient (Wildman–Crippen LogP) is 1.81. The molecule has 0 bridgehead atoms. The number of carbonyl (C=O) groups is 1. The Hall–Kier alpha value is -1.30. The molecular weight excluding hydrogens is 316 g/mol. The molecule has 0 aromatic carbocycles. The summed E-state index contributed by atoms with van der Waals surface area (Å²) in [5.41, 5.74) is 0.298. The summed E-state index contributed by atoms with van der Waals surface area (Å²) in [6.07, 6.45) is 8.69. The highest BCUT2D eigenvalue weighted by molar-refractivity contribution is 5.81. The average Bonchev–Trinajstić information content (AvgIpc) is 3.32. The number of guanidine groups is 1. The van der Waals surface area contributed by atoms with Gasteiger partial charge in [-0.05, 0) is 46.0 Å². The van der Waals surface area contributed by atoms with Crippen molar-refractivity contribution in [3.8, 4) is 0 Å². The highest BCUT2D eigenvalue weighted by Crippen LogP contribution is 2.54. The molecule has 3 fully saturated rings. The summed E-state index contributed by atoms with van der Waals surface area (Å²) < 4.78 is 5.99. The standard InChI is InChI=1S/C19H34N4O2/c1-3-20-18(22-12-11-21-17(24)14-7-8-14)23-15-13-16(25-4-2)19(15)9-5-6-10-19/h14-16H,3-13H2,1-2H3,(H,21,24)(H2,20,22,23). The van der Waals surface area contributed by atoms with Crippen LogP contribution in [-0.4, -0.2) is 50.3 Å². The lowest BCUT2D eigenvalue weighted by atomic mass is 9.60. The van der Waals surface area contributed by atoms with Crippen LogP contribution in [0.3, 0.4) is 0 Å². The summed E-state index contributed by atoms with van der Waals surface area (Å²) in [6.45, 7) is 7.04. The minimum Gasteiger partial charge on any atom is -0.378 e. The molecule has 0 aromatic rings. The molecule has 3 aliphatic rings. The van der Waals surface area contributed by atoms with Crippen LogP contribution >= 0.6 is 0 Å². The Balaban J connectivity index is 1.50. The normalized spacial score (nSPS) is 27.8. The van der Waals surface area contributed by atoms with Crippen LogP contribution in [-0.2, 0) is 9.53 Å². The lowest BCUT2D eigenvalue weighted by Crippen LogP contribution is -2.65. The minimum atomic E-state index is 0.191. The van der Waals surface area contributed by atoms with E-state index in [1.165, 1.54) is 25.7 Å². The highest BCUT2D eigenvalue weighted by atomic mass is 16.5. The van der Waals surface area contributed by atoms with Crippen LogP contribution < -0.4 is 16.0 Å². The number of carbonyl (C=O) groups excluding carboxylic acids is 1. The first kappa shape index (κ1) is 18.5. The molecule has 25 heavy (non-hydrogen) atoms. The number of aliphatic imine (C=N–C) groups is 1. The number of hydrogen-bond donors (Lipinski definition) is 3. The summed E-state index contributed by atoms with van der Waals surface area (Å²) in [4.78, 5) is 16.3. The zero-order chi connectivity index (χ0) is 17.7. The van der Waals surface area contributed by atoms with E-state index in [0.29, 0.717) is 30.7 Å². The lowest BCUT2D eigenvalue weighted by molar-refractivity contribution is -0.125. The van der Waals surface area contributed by atoms with Crippen LogP contribution in [0.25, 0.3) is 0 Å². The Morgan fingerprint density at radius 1 is 1.20 bits per heavy atom. The topological polar surface area (TPSA) is 74.8 Å². The number of nitrogens with zero attached hydrogens (tertiary/aromatic N) is 1. The van der Waals surface area contributed by atoms with Crippen molar-refractivity contribution in [2.24, 2.45) is 16.3 Å². The van der Waals surface area contributed by atoms with Gasteiger partial charge in [0.25, 0.3) is 0 Å². The maximum absolute atomic E-state index is 11.7. The second kappa shape index (κ2) is 8.39. The molecule has 3 rings (SSSR count). The van der Waals surface area contributed by atoms with E-state index in [1.807, 2.05) is 0 Å². The maximum atomic E-state index is 11.7. The van der Waals surface area contributed by atoms with Crippen molar-refractivity contribution in [1.82, 2.24) is 16.0 Å². The maximum Gasteiger partial charge on any atom is 0.223 e. The van der Waals surface area contributed by atoms with Gasteiger partial charge in [0.15, 0.2) is 5.96 Å². The van der Waals surface area contributed by atoms with E-state index in [9.17, 15) is 4.79 Å². The van der Waals surface area contributed by atoms with Gasteiger partial charge in [-0.2, -0.15) is 0 Å². The van der Waals surface area contributed by atoms with Crippen molar-refractivity contribution < 1.29 is 9.53 Å². The van der Waals surface area contributed by atoms with Crippen molar-refractivity contribution in [2.75, 3.05) is 26.2 Å². The zero-order valence-electron chi connectivity index (χ0n) is 15.8. The van der Waals surface area contributed by atoms with Crippen LogP contribution in [0.2, 0.25) is 0 Å². The van der Waals surface area contributed by atoms with Crippen LogP contribution in [0.4, 0.5) is 0 Å². The van der Waals surface area contributed by atoms with Gasteiger partial charge in [-0.15, -0.1) is 0 Å². The fourth-order valence-electron chi connectivity index (χ4n) is 4.41. The first-order valence-corrected chi connectivity index (χ1v) is 10.1. The molecule has 3 aliphatic carbocycles. The third kappa shape index (κ3) is 4.27. The molecule has 3 saturated carbocycles. The SMILES string of the molecule is CCNC(=NCCNC(=O)C1CC1)NC1CC(OCC)C12CCCC2. The Bertz CT molecular complexity index is 484. The molecule has 3 N–H and O–H groups in total. The summed E-state index contributed by atoms with van der Waals surface area (Å²) >= 11 is 0. The number of rotatable bonds is 8. The van der Waals surface area contributed by atoms with Crippen LogP contribution in [0.15, 0.2) is 4.99 Å². The van der Waals surface area contributed by atoms with Crippen LogP contribution in [0.5, 0.6) is 0 Å². The molecule has 0 heterocycles. The van der Waals surface area contributed by atoms with E-state index in [4.69, 9.17) is 4.74 Å². The molecule has 0 saturated heterocycles. The lowest BCUT2D eigenvalue weighted by Gasteiger charge is -2.54. The highest BCUT2D eigenvalue weighted by Gasteiger charge is 2.56. The molecule has 2 unspecified atom stereocenters. The Morgan fingerprint density at radius 3 is 2.60 bits per heavy atom. The quantitative estimate of drug-likeness (QED) is 0.355. The number of amides is 1. The van der Waals surface area contributed by atoms with Gasteiger partial charge >= 0.3 is 0 Å². The van der Waals surface area contributed by atoms with E-state index < -0.39 is 0 Å². The summed E-state index contributed by atoms with van der Waals surface area (Å²) in [5, 5.41) is 9.96. The predicted molar refractivity (Wildman–Crippen MR) is 99.6 cm³/mol. The fourth-order valence-corrected chi connectivity index (χ4v) is 4.41. The average molecular weight is 351 g/mol. The smallest absolute Gasteiger partial charge is 0.223 e. The van der Waals surface area contributed by atoms with E-state index in [1.54, 1.807) is 0 Å². The number of ether oxygens (including phenoxy) is 1. The molecule has 142 valence electrons. The molecule has 6 nitrogen and oxygen atoms in total. The molecule has 1 spiro atoms. The first-order valence-electron chi connectivity index (χ1n) is 10.1. The van der Waals surface area contributed by atoms with Crippen molar-refractivity contribution in [2.45, 2.75) is 70.9 Å². The van der Waals surface area contributed by atoms with Crippen LogP contribution in [0.1, 0.15) is 58.8 Å². The molecule has 0 aromatic heterocycles. The van der Waals surface area contributed by atoms with Gasteiger partial charge in [0.1, 0.15) is 0 Å². The van der Waals surface area contributed by atoms with Crippen molar-refractivity contribution in [1.29, 1.82) is 0 Å². The molecular formula is C19H34N4O2. The Kier molecular flexibility index (Phi) is 6.20. The van der Waals surface area contributed by atoms with E-state index in [0.717, 1.165) is 38.4 Å². The van der Waals surface area contributed by atoms with Gasteiger partial charge in [-0.25, -0.2) is 0 Å². The molecule has 2 atom stereocenters. The van der Waals surface area contributed by atoms with Crippen molar-refractivity contribution >= 4 is 11.9 Å². The van der Waals surface area contributed by atoms with Crippen molar-refractivity contribution in [3.05, 3.63) is 0 Å². The fraction of sp³-hybridized carbons (Fsp3) is 0.895. The van der Waals surface area contributed by atoms with Gasteiger partial charge < -0.3 is 20.7 Å². The Labute approximate surface area is 151 Å². The minimum absolute atomic E-state index is 0.191. The van der Waals surface area contributed by atoms with Crippen LogP contribution in [0, 0.1) is 11.3 Å². The summed E-state index contributed by atoms with van der Waals surface area (Å²) in [6, 6.07) is 0.449. The van der Waals surface area contributed by atoms with Crippen molar-refractivity contribution in [3.63, 3.8) is 0 Å². The number of hydrogen-bond acceptors (Lipinski definition) is 3. The summed E-state index contributed by atoms with van der Waals surface area (Å²) in [7, 11) is 0. The molecule has 6 heteroatoms. The third-order valence-electron chi connectivity index (χ3n) is 5.97. The van der Waals surface area contributed by atoms with E-state index in [2.05, 4.69) is 34.8 Å². The van der Waals surface area contributed by atoms with Gasteiger partial charge in [0.2, 0.25) is 5.91 Å². The molecule has 1 amide bonds. The zero-order valence-corrected chi connectivity index (χ0v) is 15.8. The third-order valence-corrected chi connectivity index (χ3v) is 5.97. The number of nitrogens with one attached hydrogen (secondary N) is 3. The second-order valence-electron chi connectivity index (χ2n) is 7.64. The van der Waals surface area contributed by atoms with E-state index in [-0.39, 0.29) is 11.8 Å². The van der Waals surface area contributed by atoms with Gasteiger partial charge in [-0.3, -0.25) is 9.79 Å². The van der Waals surface area contributed by atoms with Gasteiger partial charge in [-0.1, -0.05) is 12.8 Å². The monoisotopic (exact) mass is 350 g/mol. The van der Waals surface area contributed by atoms with E-state index >= 15 is 0 Å². The molecule has 0 aliphatic heterocycles. The Morgan fingerprint density at radius 2 is 1.96 bits per heavy atom.